The van der Waals surface area contributed by atoms with Gasteiger partial charge in [0.25, 0.3) is 0 Å². The quantitative estimate of drug-likeness (QED) is 0.847. The molecule has 2 rings (SSSR count). The number of halogens is 2. The number of hydrogen-bond acceptors (Lipinski definition) is 1. The van der Waals surface area contributed by atoms with Gasteiger partial charge in [-0.25, -0.2) is 4.39 Å². The second-order valence-electron chi connectivity index (χ2n) is 4.25. The minimum absolute atomic E-state index is 0.00287. The van der Waals surface area contributed by atoms with E-state index in [-0.39, 0.29) is 23.7 Å². The van der Waals surface area contributed by atoms with Crippen molar-refractivity contribution >= 4 is 17.5 Å². The molecule has 0 saturated carbocycles. The van der Waals surface area contributed by atoms with E-state index in [0.717, 1.165) is 6.42 Å². The van der Waals surface area contributed by atoms with Crippen LogP contribution >= 0.6 is 11.6 Å². The molecule has 1 aliphatic heterocycles. The zero-order chi connectivity index (χ0) is 11.7. The van der Waals surface area contributed by atoms with Crippen LogP contribution in [0.15, 0.2) is 18.2 Å². The van der Waals surface area contributed by atoms with Crippen LogP contribution in [-0.2, 0) is 11.2 Å². The molecule has 1 aliphatic rings. The number of carbonyl (C=O) groups is 1. The van der Waals surface area contributed by atoms with Gasteiger partial charge in [0.2, 0.25) is 5.91 Å². The van der Waals surface area contributed by atoms with Gasteiger partial charge in [-0.1, -0.05) is 24.6 Å². The van der Waals surface area contributed by atoms with Gasteiger partial charge < -0.3 is 5.32 Å². The molecule has 2 nitrogen and oxygen atoms in total. The molecule has 2 atom stereocenters. The molecule has 1 aromatic rings. The maximum atomic E-state index is 13.5. The molecule has 0 spiro atoms. The molecule has 16 heavy (non-hydrogen) atoms. The lowest BCUT2D eigenvalue weighted by atomic mass is 10.0. The SMILES string of the molecule is CC1CC(Cc2c(F)cccc2Cl)NC1=O. The fourth-order valence-electron chi connectivity index (χ4n) is 2.04. The van der Waals surface area contributed by atoms with Crippen LogP contribution in [0.5, 0.6) is 0 Å². The molecule has 1 fully saturated rings. The number of amides is 1. The van der Waals surface area contributed by atoms with Crippen LogP contribution in [0.1, 0.15) is 18.9 Å². The smallest absolute Gasteiger partial charge is 0.223 e. The van der Waals surface area contributed by atoms with Gasteiger partial charge in [-0.05, 0) is 25.0 Å². The van der Waals surface area contributed by atoms with Gasteiger partial charge in [0.1, 0.15) is 5.82 Å². The maximum Gasteiger partial charge on any atom is 0.223 e. The van der Waals surface area contributed by atoms with Gasteiger partial charge in [0, 0.05) is 22.5 Å². The molecule has 0 radical (unpaired) electrons. The van der Waals surface area contributed by atoms with E-state index in [0.29, 0.717) is 17.0 Å². The van der Waals surface area contributed by atoms with Crippen LogP contribution in [0, 0.1) is 11.7 Å². The summed E-state index contributed by atoms with van der Waals surface area (Å²) in [6.07, 6.45) is 1.20. The maximum absolute atomic E-state index is 13.5. The summed E-state index contributed by atoms with van der Waals surface area (Å²) in [5, 5.41) is 3.27. The Labute approximate surface area is 98.8 Å². The molecule has 1 aromatic carbocycles. The predicted octanol–water partition coefficient (Wildman–Crippen LogP) is 2.55. The van der Waals surface area contributed by atoms with Crippen molar-refractivity contribution in [3.63, 3.8) is 0 Å². The van der Waals surface area contributed by atoms with E-state index in [9.17, 15) is 9.18 Å². The average Bonchev–Trinajstić information content (AvgIpc) is 2.53. The van der Waals surface area contributed by atoms with Gasteiger partial charge in [0.05, 0.1) is 0 Å². The molecule has 1 heterocycles. The van der Waals surface area contributed by atoms with Crippen molar-refractivity contribution in [3.8, 4) is 0 Å². The Morgan fingerprint density at radius 1 is 1.56 bits per heavy atom. The lowest BCUT2D eigenvalue weighted by Crippen LogP contribution is -2.28. The normalized spacial score (nSPS) is 24.6. The molecule has 0 aromatic heterocycles. The van der Waals surface area contributed by atoms with Crippen molar-refractivity contribution in [1.82, 2.24) is 5.32 Å². The van der Waals surface area contributed by atoms with Crippen LogP contribution in [0.25, 0.3) is 0 Å². The molecular weight excluding hydrogens is 229 g/mol. The molecule has 86 valence electrons. The Morgan fingerprint density at radius 3 is 2.88 bits per heavy atom. The lowest BCUT2D eigenvalue weighted by molar-refractivity contribution is -0.122. The van der Waals surface area contributed by atoms with Crippen molar-refractivity contribution in [1.29, 1.82) is 0 Å². The zero-order valence-electron chi connectivity index (χ0n) is 8.97. The number of rotatable bonds is 2. The molecule has 0 aliphatic carbocycles. The van der Waals surface area contributed by atoms with E-state index >= 15 is 0 Å². The topological polar surface area (TPSA) is 29.1 Å². The van der Waals surface area contributed by atoms with Crippen LogP contribution in [0.3, 0.4) is 0 Å². The third kappa shape index (κ3) is 2.19. The standard InChI is InChI=1S/C12H13ClFNO/c1-7-5-8(15-12(7)16)6-9-10(13)3-2-4-11(9)14/h2-4,7-8H,5-6H2,1H3,(H,15,16). The molecule has 4 heteroatoms. The van der Waals surface area contributed by atoms with Crippen molar-refractivity contribution in [2.45, 2.75) is 25.8 Å². The highest BCUT2D eigenvalue weighted by Gasteiger charge is 2.29. The summed E-state index contributed by atoms with van der Waals surface area (Å²) >= 11 is 5.93. The minimum atomic E-state index is -0.304. The van der Waals surface area contributed by atoms with Gasteiger partial charge >= 0.3 is 0 Å². The fourth-order valence-corrected chi connectivity index (χ4v) is 2.28. The summed E-state index contributed by atoms with van der Waals surface area (Å²) in [6, 6.07) is 4.63. The largest absolute Gasteiger partial charge is 0.353 e. The van der Waals surface area contributed by atoms with Crippen molar-refractivity contribution < 1.29 is 9.18 Å². The average molecular weight is 242 g/mol. The van der Waals surface area contributed by atoms with Crippen molar-refractivity contribution in [3.05, 3.63) is 34.6 Å². The van der Waals surface area contributed by atoms with Gasteiger partial charge in [-0.2, -0.15) is 0 Å². The zero-order valence-corrected chi connectivity index (χ0v) is 9.72. The second-order valence-corrected chi connectivity index (χ2v) is 4.65. The van der Waals surface area contributed by atoms with Crippen LogP contribution < -0.4 is 5.32 Å². The Morgan fingerprint density at radius 2 is 2.31 bits per heavy atom. The van der Waals surface area contributed by atoms with Crippen LogP contribution in [0.2, 0.25) is 5.02 Å². The van der Waals surface area contributed by atoms with Crippen LogP contribution in [0.4, 0.5) is 4.39 Å². The van der Waals surface area contributed by atoms with Crippen molar-refractivity contribution in [2.24, 2.45) is 5.92 Å². The summed E-state index contributed by atoms with van der Waals surface area (Å²) in [7, 11) is 0. The highest BCUT2D eigenvalue weighted by Crippen LogP contribution is 2.24. The van der Waals surface area contributed by atoms with E-state index in [2.05, 4.69) is 5.32 Å². The van der Waals surface area contributed by atoms with Gasteiger partial charge in [0.15, 0.2) is 0 Å². The van der Waals surface area contributed by atoms with E-state index in [4.69, 9.17) is 11.6 Å². The summed E-state index contributed by atoms with van der Waals surface area (Å²) in [5.41, 5.74) is 0.489. The first kappa shape index (κ1) is 11.4. The fraction of sp³-hybridized carbons (Fsp3) is 0.417. The lowest BCUT2D eigenvalue weighted by Gasteiger charge is -2.11. The van der Waals surface area contributed by atoms with E-state index < -0.39 is 0 Å². The second kappa shape index (κ2) is 4.42. The summed E-state index contributed by atoms with van der Waals surface area (Å²) < 4.78 is 13.5. The summed E-state index contributed by atoms with van der Waals surface area (Å²) in [4.78, 5) is 11.3. The first-order valence-electron chi connectivity index (χ1n) is 5.31. The first-order chi connectivity index (χ1) is 7.58. The highest BCUT2D eigenvalue weighted by atomic mass is 35.5. The molecule has 1 amide bonds. The van der Waals surface area contributed by atoms with Crippen molar-refractivity contribution in [2.75, 3.05) is 0 Å². The van der Waals surface area contributed by atoms with E-state index in [1.54, 1.807) is 12.1 Å². The molecule has 1 N–H and O–H groups in total. The number of hydrogen-bond donors (Lipinski definition) is 1. The minimum Gasteiger partial charge on any atom is -0.353 e. The molecule has 0 bridgehead atoms. The Bertz CT molecular complexity index is 401. The van der Waals surface area contributed by atoms with Crippen LogP contribution in [-0.4, -0.2) is 11.9 Å². The van der Waals surface area contributed by atoms with Gasteiger partial charge in [-0.15, -0.1) is 0 Å². The molecule has 1 saturated heterocycles. The number of benzene rings is 1. The third-order valence-corrected chi connectivity index (χ3v) is 3.30. The third-order valence-electron chi connectivity index (χ3n) is 2.94. The van der Waals surface area contributed by atoms with E-state index in [1.165, 1.54) is 6.07 Å². The van der Waals surface area contributed by atoms with Gasteiger partial charge in [-0.3, -0.25) is 4.79 Å². The molecular formula is C12H13ClFNO. The first-order valence-corrected chi connectivity index (χ1v) is 5.69. The molecule has 2 unspecified atom stereocenters. The Hall–Kier alpha value is -1.09. The number of nitrogens with one attached hydrogen (secondary N) is 1. The monoisotopic (exact) mass is 241 g/mol. The highest BCUT2D eigenvalue weighted by molar-refractivity contribution is 6.31. The Balaban J connectivity index is 2.13. The summed E-state index contributed by atoms with van der Waals surface area (Å²) in [5.74, 6) is -0.255. The Kier molecular flexibility index (Phi) is 3.15. The predicted molar refractivity (Wildman–Crippen MR) is 60.8 cm³/mol. The summed E-state index contributed by atoms with van der Waals surface area (Å²) in [6.45, 7) is 1.87. The van der Waals surface area contributed by atoms with E-state index in [1.807, 2.05) is 6.92 Å². The number of carbonyl (C=O) groups excluding carboxylic acids is 1.